The van der Waals surface area contributed by atoms with Gasteiger partial charge in [-0.1, -0.05) is 18.2 Å². The van der Waals surface area contributed by atoms with Crippen LogP contribution in [0.2, 0.25) is 0 Å². The second-order valence-corrected chi connectivity index (χ2v) is 7.02. The van der Waals surface area contributed by atoms with E-state index in [4.69, 9.17) is 14.6 Å². The zero-order valence-corrected chi connectivity index (χ0v) is 14.7. The van der Waals surface area contributed by atoms with Crippen molar-refractivity contribution >= 4 is 16.0 Å². The fourth-order valence-electron chi connectivity index (χ4n) is 2.12. The molecule has 0 aliphatic heterocycles. The van der Waals surface area contributed by atoms with E-state index in [1.807, 2.05) is 0 Å². The minimum atomic E-state index is -4.48. The summed E-state index contributed by atoms with van der Waals surface area (Å²) >= 11 is 0. The molecule has 0 fully saturated rings. The summed E-state index contributed by atoms with van der Waals surface area (Å²) < 4.78 is 70.3. The van der Waals surface area contributed by atoms with Crippen molar-refractivity contribution < 1.29 is 35.9 Å². The van der Waals surface area contributed by atoms with Crippen LogP contribution in [0.3, 0.4) is 0 Å². The van der Waals surface area contributed by atoms with E-state index in [9.17, 15) is 26.4 Å². The average molecular weight is 403 g/mol. The standard InChI is InChI=1S/C17H16F3NO5S/c18-17(19,20)13-3-1-2-12(10-13)11-16(22)26-9-8-25-14-4-6-15(7-5-14)27(21,23)24/h1-7,10H,8-9,11H2,(H2,21,23,24). The molecule has 146 valence electrons. The second-order valence-electron chi connectivity index (χ2n) is 5.46. The van der Waals surface area contributed by atoms with E-state index in [0.29, 0.717) is 5.75 Å². The smallest absolute Gasteiger partial charge is 0.416 e. The maximum absolute atomic E-state index is 12.6. The summed E-state index contributed by atoms with van der Waals surface area (Å²) in [6.45, 7) is -0.127. The second kappa shape index (κ2) is 8.40. The van der Waals surface area contributed by atoms with Gasteiger partial charge >= 0.3 is 12.1 Å². The van der Waals surface area contributed by atoms with Crippen molar-refractivity contribution in [3.8, 4) is 5.75 Å². The first-order valence-corrected chi connectivity index (χ1v) is 9.18. The molecule has 27 heavy (non-hydrogen) atoms. The largest absolute Gasteiger partial charge is 0.490 e. The number of rotatable bonds is 7. The molecule has 2 aromatic carbocycles. The van der Waals surface area contributed by atoms with Gasteiger partial charge in [0, 0.05) is 0 Å². The summed E-state index contributed by atoms with van der Waals surface area (Å²) in [5.74, 6) is -0.348. The highest BCUT2D eigenvalue weighted by atomic mass is 32.2. The van der Waals surface area contributed by atoms with Gasteiger partial charge in [0.25, 0.3) is 0 Å². The Bertz CT molecular complexity index is 896. The van der Waals surface area contributed by atoms with Crippen LogP contribution in [0, 0.1) is 0 Å². The summed E-state index contributed by atoms with van der Waals surface area (Å²) in [4.78, 5) is 11.6. The zero-order valence-electron chi connectivity index (χ0n) is 13.9. The summed E-state index contributed by atoms with van der Waals surface area (Å²) in [6.07, 6.45) is -4.78. The van der Waals surface area contributed by atoms with Gasteiger partial charge in [0.1, 0.15) is 19.0 Å². The highest BCUT2D eigenvalue weighted by molar-refractivity contribution is 7.89. The Morgan fingerprint density at radius 3 is 2.30 bits per heavy atom. The number of carbonyl (C=O) groups excluding carboxylic acids is 1. The molecule has 0 atom stereocenters. The summed E-state index contributed by atoms with van der Waals surface area (Å²) in [5, 5.41) is 4.97. The number of hydrogen-bond acceptors (Lipinski definition) is 5. The lowest BCUT2D eigenvalue weighted by Gasteiger charge is -2.10. The first-order valence-electron chi connectivity index (χ1n) is 7.63. The third-order valence-corrected chi connectivity index (χ3v) is 4.30. The number of sulfonamides is 1. The highest BCUT2D eigenvalue weighted by Gasteiger charge is 2.30. The van der Waals surface area contributed by atoms with Gasteiger partial charge in [-0.2, -0.15) is 13.2 Å². The molecule has 0 unspecified atom stereocenters. The maximum Gasteiger partial charge on any atom is 0.416 e. The molecule has 2 N–H and O–H groups in total. The van der Waals surface area contributed by atoms with Gasteiger partial charge in [-0.25, -0.2) is 13.6 Å². The van der Waals surface area contributed by atoms with Crippen LogP contribution in [0.25, 0.3) is 0 Å². The number of carbonyl (C=O) groups is 1. The molecule has 0 radical (unpaired) electrons. The summed E-state index contributed by atoms with van der Waals surface area (Å²) in [6, 6.07) is 9.76. The molecular formula is C17H16F3NO5S. The molecule has 0 heterocycles. The van der Waals surface area contributed by atoms with Crippen molar-refractivity contribution in [2.75, 3.05) is 13.2 Å². The van der Waals surface area contributed by atoms with E-state index in [1.165, 1.54) is 36.4 Å². The normalized spacial score (nSPS) is 11.9. The molecule has 0 amide bonds. The fraction of sp³-hybridized carbons (Fsp3) is 0.235. The third kappa shape index (κ3) is 6.57. The molecule has 10 heteroatoms. The van der Waals surface area contributed by atoms with E-state index in [0.717, 1.165) is 12.1 Å². The van der Waals surface area contributed by atoms with Gasteiger partial charge in [-0.3, -0.25) is 4.79 Å². The van der Waals surface area contributed by atoms with E-state index < -0.39 is 27.7 Å². The number of hydrogen-bond donors (Lipinski definition) is 1. The molecule has 0 aromatic heterocycles. The lowest BCUT2D eigenvalue weighted by Crippen LogP contribution is -2.15. The van der Waals surface area contributed by atoms with Crippen molar-refractivity contribution in [1.29, 1.82) is 0 Å². The van der Waals surface area contributed by atoms with Crippen molar-refractivity contribution in [3.05, 3.63) is 59.7 Å². The fourth-order valence-corrected chi connectivity index (χ4v) is 2.63. The van der Waals surface area contributed by atoms with Gasteiger partial charge in [0.05, 0.1) is 16.9 Å². The summed E-state index contributed by atoms with van der Waals surface area (Å²) in [7, 11) is -3.79. The van der Waals surface area contributed by atoms with E-state index >= 15 is 0 Å². The van der Waals surface area contributed by atoms with Gasteiger partial charge in [0.2, 0.25) is 10.0 Å². The molecule has 0 saturated carbocycles. The quantitative estimate of drug-likeness (QED) is 0.566. The number of ether oxygens (including phenoxy) is 2. The molecule has 0 aliphatic rings. The lowest BCUT2D eigenvalue weighted by molar-refractivity contribution is -0.144. The minimum absolute atomic E-state index is 0.0109. The minimum Gasteiger partial charge on any atom is -0.490 e. The van der Waals surface area contributed by atoms with Crippen molar-refractivity contribution in [1.82, 2.24) is 0 Å². The van der Waals surface area contributed by atoms with E-state index in [2.05, 4.69) is 0 Å². The molecule has 0 bridgehead atoms. The van der Waals surface area contributed by atoms with Crippen LogP contribution in [-0.4, -0.2) is 27.6 Å². The Morgan fingerprint density at radius 1 is 1.04 bits per heavy atom. The monoisotopic (exact) mass is 403 g/mol. The molecule has 2 rings (SSSR count). The van der Waals surface area contributed by atoms with Crippen LogP contribution >= 0.6 is 0 Å². The van der Waals surface area contributed by atoms with Crippen molar-refractivity contribution in [3.63, 3.8) is 0 Å². The number of esters is 1. The van der Waals surface area contributed by atoms with Crippen molar-refractivity contribution in [2.45, 2.75) is 17.5 Å². The third-order valence-electron chi connectivity index (χ3n) is 3.37. The van der Waals surface area contributed by atoms with Gasteiger partial charge in [0.15, 0.2) is 0 Å². The number of benzene rings is 2. The predicted octanol–water partition coefficient (Wildman–Crippen LogP) is 2.52. The Hall–Kier alpha value is -2.59. The van der Waals surface area contributed by atoms with Crippen LogP contribution in [0.5, 0.6) is 5.75 Å². The van der Waals surface area contributed by atoms with Gasteiger partial charge in [-0.05, 0) is 35.9 Å². The Morgan fingerprint density at radius 2 is 1.70 bits per heavy atom. The van der Waals surface area contributed by atoms with Crippen LogP contribution < -0.4 is 9.88 Å². The number of alkyl halides is 3. The number of primary sulfonamides is 1. The van der Waals surface area contributed by atoms with Crippen LogP contribution in [0.4, 0.5) is 13.2 Å². The number of halogens is 3. The van der Waals surface area contributed by atoms with Crippen molar-refractivity contribution in [2.24, 2.45) is 5.14 Å². The van der Waals surface area contributed by atoms with Crippen LogP contribution in [0.1, 0.15) is 11.1 Å². The topological polar surface area (TPSA) is 95.7 Å². The first-order chi connectivity index (χ1) is 12.6. The molecule has 2 aromatic rings. The Labute approximate surface area is 153 Å². The first kappa shape index (κ1) is 20.7. The average Bonchev–Trinajstić information content (AvgIpc) is 2.58. The SMILES string of the molecule is NS(=O)(=O)c1ccc(OCCOC(=O)Cc2cccc(C(F)(F)F)c2)cc1. The Kier molecular flexibility index (Phi) is 6.45. The predicted molar refractivity (Wildman–Crippen MR) is 89.4 cm³/mol. The van der Waals surface area contributed by atoms with Gasteiger partial charge < -0.3 is 9.47 Å². The molecule has 0 saturated heterocycles. The zero-order chi connectivity index (χ0) is 20.1. The van der Waals surface area contributed by atoms with E-state index in [-0.39, 0.29) is 30.1 Å². The number of nitrogens with two attached hydrogens (primary N) is 1. The lowest BCUT2D eigenvalue weighted by atomic mass is 10.1. The molecule has 0 spiro atoms. The van der Waals surface area contributed by atoms with Crippen LogP contribution in [0.15, 0.2) is 53.4 Å². The van der Waals surface area contributed by atoms with Gasteiger partial charge in [-0.15, -0.1) is 0 Å². The molecule has 6 nitrogen and oxygen atoms in total. The van der Waals surface area contributed by atoms with Crippen LogP contribution in [-0.2, 0) is 32.2 Å². The maximum atomic E-state index is 12.6. The summed E-state index contributed by atoms with van der Waals surface area (Å²) in [5.41, 5.74) is -0.645. The molecule has 0 aliphatic carbocycles. The van der Waals surface area contributed by atoms with E-state index in [1.54, 1.807) is 0 Å². The molecular weight excluding hydrogens is 387 g/mol. The Balaban J connectivity index is 1.78. The highest BCUT2D eigenvalue weighted by Crippen LogP contribution is 2.29.